The van der Waals surface area contributed by atoms with Gasteiger partial charge in [-0.15, -0.1) is 18.3 Å². The molecule has 0 spiro atoms. The first kappa shape index (κ1) is 15.1. The lowest BCUT2D eigenvalue weighted by Crippen LogP contribution is -2.36. The lowest BCUT2D eigenvalue weighted by atomic mass is 10.1. The molecule has 0 radical (unpaired) electrons. The van der Waals surface area contributed by atoms with Crippen molar-refractivity contribution in [1.82, 2.24) is 4.90 Å². The molecule has 0 aromatic heterocycles. The van der Waals surface area contributed by atoms with E-state index in [1.54, 1.807) is 17.8 Å². The number of hydrogen-bond acceptors (Lipinski definition) is 3. The van der Waals surface area contributed by atoms with Crippen LogP contribution < -0.4 is 0 Å². The van der Waals surface area contributed by atoms with Gasteiger partial charge in [-0.05, 0) is 30.4 Å². The number of thioether (sulfide) groups is 1. The normalized spacial score (nSPS) is 17.9. The molecule has 1 atom stereocenters. The third kappa shape index (κ3) is 3.87. The lowest BCUT2D eigenvalue weighted by Gasteiger charge is -2.24. The fourth-order valence-corrected chi connectivity index (χ4v) is 2.74. The topological polar surface area (TPSA) is 29.5 Å². The summed E-state index contributed by atoms with van der Waals surface area (Å²) in [5, 5.41) is 0. The number of hydrogen-bond donors (Lipinski definition) is 0. The number of amides is 1. The number of carbonyl (C=O) groups excluding carboxylic acids is 1. The van der Waals surface area contributed by atoms with Crippen LogP contribution in [0.1, 0.15) is 12.0 Å². The van der Waals surface area contributed by atoms with Gasteiger partial charge in [0.25, 0.3) is 0 Å². The van der Waals surface area contributed by atoms with Gasteiger partial charge in [0.1, 0.15) is 0 Å². The number of ether oxygens (including phenoxy) is 1. The van der Waals surface area contributed by atoms with Crippen LogP contribution in [-0.2, 0) is 16.1 Å². The van der Waals surface area contributed by atoms with E-state index in [1.807, 2.05) is 4.90 Å². The fourth-order valence-electron chi connectivity index (χ4n) is 2.33. The Balaban J connectivity index is 2.03. The van der Waals surface area contributed by atoms with Gasteiger partial charge in [-0.1, -0.05) is 18.2 Å². The maximum absolute atomic E-state index is 12.5. The van der Waals surface area contributed by atoms with E-state index < -0.39 is 0 Å². The summed E-state index contributed by atoms with van der Waals surface area (Å²) in [6.45, 7) is 6.22. The molecule has 1 heterocycles. The highest BCUT2D eigenvalue weighted by Gasteiger charge is 2.27. The summed E-state index contributed by atoms with van der Waals surface area (Å²) in [7, 11) is 0. The molecule has 1 aliphatic rings. The number of benzene rings is 1. The van der Waals surface area contributed by atoms with E-state index in [0.717, 1.165) is 12.0 Å². The van der Waals surface area contributed by atoms with Crippen LogP contribution in [0, 0.1) is 5.92 Å². The van der Waals surface area contributed by atoms with Crippen molar-refractivity contribution in [2.45, 2.75) is 17.9 Å². The van der Waals surface area contributed by atoms with Gasteiger partial charge in [-0.3, -0.25) is 4.79 Å². The molecule has 3 nitrogen and oxygen atoms in total. The van der Waals surface area contributed by atoms with E-state index in [0.29, 0.717) is 26.3 Å². The van der Waals surface area contributed by atoms with E-state index in [2.05, 4.69) is 37.1 Å². The molecule has 0 bridgehead atoms. The van der Waals surface area contributed by atoms with Crippen LogP contribution in [0.5, 0.6) is 0 Å². The van der Waals surface area contributed by atoms with E-state index >= 15 is 0 Å². The maximum atomic E-state index is 12.5. The minimum atomic E-state index is 0.0143. The van der Waals surface area contributed by atoms with E-state index in [9.17, 15) is 4.79 Å². The second kappa shape index (κ2) is 7.50. The highest BCUT2D eigenvalue weighted by Crippen LogP contribution is 2.19. The van der Waals surface area contributed by atoms with Crippen molar-refractivity contribution in [3.05, 3.63) is 42.5 Å². The van der Waals surface area contributed by atoms with Crippen LogP contribution in [0.2, 0.25) is 0 Å². The molecule has 108 valence electrons. The van der Waals surface area contributed by atoms with Gasteiger partial charge in [0.15, 0.2) is 0 Å². The standard InChI is InChI=1S/C16H21NO2S/c1-3-9-17(16(18)14-8-10-19-12-14)11-13-4-6-15(20-2)7-5-13/h3-7,14H,1,8-12H2,2H3. The van der Waals surface area contributed by atoms with Crippen molar-refractivity contribution in [3.8, 4) is 0 Å². The summed E-state index contributed by atoms with van der Waals surface area (Å²) in [6, 6.07) is 8.35. The molecule has 0 aliphatic carbocycles. The third-order valence-electron chi connectivity index (χ3n) is 3.47. The zero-order valence-electron chi connectivity index (χ0n) is 11.9. The second-order valence-electron chi connectivity index (χ2n) is 4.92. The van der Waals surface area contributed by atoms with E-state index in [4.69, 9.17) is 4.74 Å². The highest BCUT2D eigenvalue weighted by atomic mass is 32.2. The zero-order chi connectivity index (χ0) is 14.4. The number of rotatable bonds is 6. The Morgan fingerprint density at radius 1 is 1.50 bits per heavy atom. The fraction of sp³-hybridized carbons (Fsp3) is 0.438. The Bertz CT molecular complexity index is 452. The van der Waals surface area contributed by atoms with Crippen molar-refractivity contribution >= 4 is 17.7 Å². The Hall–Kier alpha value is -1.26. The Morgan fingerprint density at radius 2 is 2.25 bits per heavy atom. The quantitative estimate of drug-likeness (QED) is 0.596. The van der Waals surface area contributed by atoms with Gasteiger partial charge < -0.3 is 9.64 Å². The molecule has 1 saturated heterocycles. The van der Waals surface area contributed by atoms with E-state index in [1.165, 1.54) is 4.90 Å². The summed E-state index contributed by atoms with van der Waals surface area (Å²) in [6.07, 6.45) is 4.67. The summed E-state index contributed by atoms with van der Waals surface area (Å²) in [5.74, 6) is 0.191. The summed E-state index contributed by atoms with van der Waals surface area (Å²) >= 11 is 1.72. The summed E-state index contributed by atoms with van der Waals surface area (Å²) in [5.41, 5.74) is 1.15. The lowest BCUT2D eigenvalue weighted by molar-refractivity contribution is -0.135. The molecule has 1 amide bonds. The minimum Gasteiger partial charge on any atom is -0.381 e. The van der Waals surface area contributed by atoms with Crippen molar-refractivity contribution in [1.29, 1.82) is 0 Å². The molecule has 0 N–H and O–H groups in total. The van der Waals surface area contributed by atoms with Crippen LogP contribution in [0.3, 0.4) is 0 Å². The molecule has 1 fully saturated rings. The number of nitrogens with zero attached hydrogens (tertiary/aromatic N) is 1. The van der Waals surface area contributed by atoms with Crippen LogP contribution in [-0.4, -0.2) is 36.8 Å². The molecule has 1 aromatic carbocycles. The summed E-state index contributed by atoms with van der Waals surface area (Å²) < 4.78 is 5.31. The van der Waals surface area contributed by atoms with Gasteiger partial charge >= 0.3 is 0 Å². The van der Waals surface area contributed by atoms with Gasteiger partial charge in [0.05, 0.1) is 12.5 Å². The first-order valence-corrected chi connectivity index (χ1v) is 8.07. The Kier molecular flexibility index (Phi) is 5.68. The molecular formula is C16H21NO2S. The average molecular weight is 291 g/mol. The van der Waals surface area contributed by atoms with Gasteiger partial charge in [0, 0.05) is 24.6 Å². The zero-order valence-corrected chi connectivity index (χ0v) is 12.7. The smallest absolute Gasteiger partial charge is 0.228 e. The first-order chi connectivity index (χ1) is 9.74. The number of carbonyl (C=O) groups is 1. The highest BCUT2D eigenvalue weighted by molar-refractivity contribution is 7.98. The second-order valence-corrected chi connectivity index (χ2v) is 5.80. The largest absolute Gasteiger partial charge is 0.381 e. The van der Waals surface area contributed by atoms with Crippen LogP contribution >= 0.6 is 11.8 Å². The van der Waals surface area contributed by atoms with Crippen LogP contribution in [0.25, 0.3) is 0 Å². The molecular weight excluding hydrogens is 270 g/mol. The van der Waals surface area contributed by atoms with Crippen molar-refractivity contribution in [2.24, 2.45) is 5.92 Å². The predicted octanol–water partition coefficient (Wildman–Crippen LogP) is 2.96. The molecule has 1 aliphatic heterocycles. The Labute approximate surface area is 125 Å². The molecule has 2 rings (SSSR count). The van der Waals surface area contributed by atoms with Gasteiger partial charge in [0.2, 0.25) is 5.91 Å². The summed E-state index contributed by atoms with van der Waals surface area (Å²) in [4.78, 5) is 15.6. The van der Waals surface area contributed by atoms with Crippen molar-refractivity contribution < 1.29 is 9.53 Å². The molecule has 20 heavy (non-hydrogen) atoms. The third-order valence-corrected chi connectivity index (χ3v) is 4.22. The molecule has 1 aromatic rings. The molecule has 1 unspecified atom stereocenters. The van der Waals surface area contributed by atoms with Gasteiger partial charge in [-0.25, -0.2) is 0 Å². The Morgan fingerprint density at radius 3 is 2.80 bits per heavy atom. The van der Waals surface area contributed by atoms with Crippen LogP contribution in [0.4, 0.5) is 0 Å². The minimum absolute atomic E-state index is 0.0143. The van der Waals surface area contributed by atoms with Gasteiger partial charge in [-0.2, -0.15) is 0 Å². The van der Waals surface area contributed by atoms with Crippen molar-refractivity contribution in [2.75, 3.05) is 26.0 Å². The van der Waals surface area contributed by atoms with E-state index in [-0.39, 0.29) is 11.8 Å². The van der Waals surface area contributed by atoms with Crippen molar-refractivity contribution in [3.63, 3.8) is 0 Å². The SMILES string of the molecule is C=CCN(Cc1ccc(SC)cc1)C(=O)C1CCOC1. The average Bonchev–Trinajstić information content (AvgIpc) is 3.01. The first-order valence-electron chi connectivity index (χ1n) is 6.85. The molecule has 0 saturated carbocycles. The maximum Gasteiger partial charge on any atom is 0.228 e. The monoisotopic (exact) mass is 291 g/mol. The molecule has 4 heteroatoms. The van der Waals surface area contributed by atoms with Crippen LogP contribution in [0.15, 0.2) is 41.8 Å². The predicted molar refractivity (Wildman–Crippen MR) is 82.8 cm³/mol.